The van der Waals surface area contributed by atoms with Crippen LogP contribution < -0.4 is 5.19 Å². The molecule has 3 aromatic heterocycles. The van der Waals surface area contributed by atoms with Gasteiger partial charge in [0.05, 0.1) is 8.07 Å². The smallest absolute Gasteiger partial charge is 0.123 e. The standard InChI is InChI=1S/C26H19FNS.C23H26NSi.Ir/c1-16(2)18-12-13-28-24(14-18)23-5-3-4-22-21-11-8-19(15-25(21)29-26(22)23)17-6-9-20(27)10-7-17;1-17-11-13-20(14-12-17)22-15-21(23(16-24-22)25(3,4)5)18(2)19-9-7-6-8-10-19;/h3-4,6-16H,1-2H3;6-13,15-16,18H,1-5H3;/q2*-1;/i16D;1D3,18D;. The molecule has 0 saturated heterocycles. The van der Waals surface area contributed by atoms with Gasteiger partial charge in [-0.25, -0.2) is 4.39 Å². The van der Waals surface area contributed by atoms with Crippen LogP contribution in [0.15, 0.2) is 134 Å². The first-order valence-corrected chi connectivity index (χ1v) is 22.3. The molecule has 279 valence electrons. The summed E-state index contributed by atoms with van der Waals surface area (Å²) in [6, 6.07) is 44.0. The minimum atomic E-state index is -2.15. The Morgan fingerprint density at radius 1 is 0.764 bits per heavy atom. The summed E-state index contributed by atoms with van der Waals surface area (Å²) in [5, 5.41) is 3.52. The van der Waals surface area contributed by atoms with E-state index in [0.29, 0.717) is 5.69 Å². The van der Waals surface area contributed by atoms with Crippen molar-refractivity contribution >= 4 is 44.8 Å². The first-order chi connectivity index (χ1) is 27.8. The molecule has 0 saturated carbocycles. The third kappa shape index (κ3) is 8.95. The number of fused-ring (bicyclic) bond motifs is 3. The summed E-state index contributed by atoms with van der Waals surface area (Å²) in [5.41, 5.74) is 8.35. The summed E-state index contributed by atoms with van der Waals surface area (Å²) in [6.07, 6.45) is 3.67. The monoisotopic (exact) mass is 938 g/mol. The van der Waals surface area contributed by atoms with Crippen molar-refractivity contribution in [1.29, 1.82) is 0 Å². The average molecular weight is 938 g/mol. The zero-order valence-corrected chi connectivity index (χ0v) is 35.9. The van der Waals surface area contributed by atoms with Crippen LogP contribution in [-0.4, -0.2) is 18.0 Å². The van der Waals surface area contributed by atoms with Crippen LogP contribution in [-0.2, 0) is 20.1 Å². The number of aryl methyl sites for hydroxylation is 1. The predicted molar refractivity (Wildman–Crippen MR) is 231 cm³/mol. The van der Waals surface area contributed by atoms with E-state index >= 15 is 0 Å². The van der Waals surface area contributed by atoms with Crippen molar-refractivity contribution in [1.82, 2.24) is 9.97 Å². The molecule has 8 rings (SSSR count). The number of pyridine rings is 2. The predicted octanol–water partition coefficient (Wildman–Crippen LogP) is 13.4. The van der Waals surface area contributed by atoms with Crippen molar-refractivity contribution in [2.75, 3.05) is 0 Å². The molecule has 0 aliphatic rings. The first kappa shape index (κ1) is 33.7. The quantitative estimate of drug-likeness (QED) is 0.118. The van der Waals surface area contributed by atoms with Crippen LogP contribution in [0.2, 0.25) is 19.6 Å². The molecule has 0 aliphatic heterocycles. The van der Waals surface area contributed by atoms with Gasteiger partial charge >= 0.3 is 0 Å². The number of aromatic nitrogens is 2. The minimum Gasteiger partial charge on any atom is -0.305 e. The molecule has 6 heteroatoms. The van der Waals surface area contributed by atoms with E-state index in [4.69, 9.17) is 5.48 Å². The Morgan fingerprint density at radius 2 is 1.53 bits per heavy atom. The van der Waals surface area contributed by atoms with Crippen molar-refractivity contribution in [2.45, 2.75) is 59.1 Å². The molecule has 1 radical (unpaired) electrons. The number of nitrogens with zero attached hydrogens (tertiary/aromatic N) is 2. The van der Waals surface area contributed by atoms with Gasteiger partial charge < -0.3 is 9.97 Å². The molecule has 0 N–H and O–H groups in total. The Labute approximate surface area is 350 Å². The van der Waals surface area contributed by atoms with E-state index in [1.165, 1.54) is 33.7 Å². The maximum absolute atomic E-state index is 13.3. The van der Waals surface area contributed by atoms with Crippen LogP contribution in [0.5, 0.6) is 0 Å². The van der Waals surface area contributed by atoms with Gasteiger partial charge in [0.15, 0.2) is 0 Å². The molecule has 0 aliphatic carbocycles. The molecule has 0 spiro atoms. The van der Waals surface area contributed by atoms with Gasteiger partial charge in [-0.05, 0) is 79.1 Å². The number of thiophene rings is 1. The van der Waals surface area contributed by atoms with Crippen LogP contribution in [0.3, 0.4) is 0 Å². The number of rotatable bonds is 7. The second kappa shape index (κ2) is 17.1. The summed E-state index contributed by atoms with van der Waals surface area (Å²) in [6.45, 7) is 10.3. The van der Waals surface area contributed by atoms with Crippen molar-refractivity contribution in [3.8, 4) is 33.6 Å². The average Bonchev–Trinajstić information content (AvgIpc) is 3.59. The molecule has 8 aromatic rings. The van der Waals surface area contributed by atoms with Crippen LogP contribution >= 0.6 is 11.3 Å². The number of benzene rings is 5. The van der Waals surface area contributed by atoms with Gasteiger partial charge in [-0.3, -0.25) is 0 Å². The fraction of sp³-hybridized carbons (Fsp3) is 0.184. The van der Waals surface area contributed by atoms with E-state index < -0.39 is 26.7 Å². The Kier molecular flexibility index (Phi) is 10.5. The summed E-state index contributed by atoms with van der Waals surface area (Å²) >= 11 is 1.72. The van der Waals surface area contributed by atoms with Gasteiger partial charge in [0.25, 0.3) is 0 Å². The minimum absolute atomic E-state index is 0. The Bertz CT molecular complexity index is 2760. The molecule has 1 atom stereocenters. The van der Waals surface area contributed by atoms with Crippen LogP contribution in [0, 0.1) is 24.8 Å². The molecule has 1 unspecified atom stereocenters. The van der Waals surface area contributed by atoms with Crippen molar-refractivity contribution < 1.29 is 31.3 Å². The van der Waals surface area contributed by atoms with E-state index in [1.54, 1.807) is 41.8 Å². The first-order valence-electron chi connectivity index (χ1n) is 20.5. The third-order valence-electron chi connectivity index (χ3n) is 9.62. The molecule has 5 aromatic carbocycles. The zero-order valence-electron chi connectivity index (χ0n) is 36.7. The van der Waals surface area contributed by atoms with Crippen molar-refractivity contribution in [2.24, 2.45) is 0 Å². The largest absolute Gasteiger partial charge is 0.305 e. The van der Waals surface area contributed by atoms with E-state index in [0.717, 1.165) is 54.5 Å². The van der Waals surface area contributed by atoms with Crippen molar-refractivity contribution in [3.05, 3.63) is 174 Å². The van der Waals surface area contributed by atoms with Crippen LogP contribution in [0.1, 0.15) is 61.7 Å². The molecular formula is C49H45FIrN2SSi-2. The van der Waals surface area contributed by atoms with Gasteiger partial charge in [0.1, 0.15) is 5.82 Å². The molecule has 0 bridgehead atoms. The van der Waals surface area contributed by atoms with Gasteiger partial charge in [0, 0.05) is 49.9 Å². The number of halogens is 1. The fourth-order valence-electron chi connectivity index (χ4n) is 6.57. The number of hydrogen-bond donors (Lipinski definition) is 0. The van der Waals surface area contributed by atoms with Crippen LogP contribution in [0.25, 0.3) is 53.8 Å². The molecule has 0 fully saturated rings. The number of hydrogen-bond acceptors (Lipinski definition) is 3. The molecular weight excluding hydrogens is 888 g/mol. The Balaban J connectivity index is 0.000000198. The van der Waals surface area contributed by atoms with Gasteiger partial charge in [-0.2, -0.15) is 11.3 Å². The van der Waals surface area contributed by atoms with Gasteiger partial charge in [-0.15, -0.1) is 59.2 Å². The molecule has 3 heterocycles. The summed E-state index contributed by atoms with van der Waals surface area (Å²) in [5.74, 6) is -1.84. The summed E-state index contributed by atoms with van der Waals surface area (Å²) < 4.78 is 55.7. The second-order valence-corrected chi connectivity index (χ2v) is 20.8. The second-order valence-electron chi connectivity index (χ2n) is 14.7. The van der Waals surface area contributed by atoms with E-state index in [-0.39, 0.29) is 31.5 Å². The maximum atomic E-state index is 13.3. The fourth-order valence-corrected chi connectivity index (χ4v) is 9.34. The Hall–Kier alpha value is -4.58. The van der Waals surface area contributed by atoms with Gasteiger partial charge in [0.2, 0.25) is 0 Å². The molecule has 2 nitrogen and oxygen atoms in total. The SMILES string of the molecule is [2H]C(C)(C)c1ccnc(-c2[c-]ccc3c2sc2cc(-c4ccc(F)cc4)ccc23)c1.[2H]C([2H])([2H])c1c[c-]c(-c2cc(C([2H])(C)c3ccccc3)c([Si](C)(C)C)cn2)cc1.[Ir]. The molecule has 55 heavy (non-hydrogen) atoms. The third-order valence-corrected chi connectivity index (χ3v) is 12.8. The summed E-state index contributed by atoms with van der Waals surface area (Å²) in [7, 11) is -1.75. The summed E-state index contributed by atoms with van der Waals surface area (Å²) in [4.78, 5) is 9.23. The van der Waals surface area contributed by atoms with Gasteiger partial charge in [-0.1, -0.05) is 125 Å². The van der Waals surface area contributed by atoms with Crippen molar-refractivity contribution in [3.63, 3.8) is 0 Å². The van der Waals surface area contributed by atoms with Crippen LogP contribution in [0.4, 0.5) is 4.39 Å². The van der Waals surface area contributed by atoms with E-state index in [1.807, 2.05) is 81.6 Å². The van der Waals surface area contributed by atoms with E-state index in [9.17, 15) is 5.76 Å². The zero-order chi connectivity index (χ0) is 42.3. The maximum Gasteiger partial charge on any atom is 0.123 e. The Morgan fingerprint density at radius 3 is 2.22 bits per heavy atom. The normalized spacial score (nSPS) is 14.3. The topological polar surface area (TPSA) is 25.8 Å². The van der Waals surface area contributed by atoms with E-state index in [2.05, 4.69) is 66.0 Å². The molecule has 0 amide bonds.